The zero-order valence-electron chi connectivity index (χ0n) is 24.7. The van der Waals surface area contributed by atoms with Gasteiger partial charge in [-0.1, -0.05) is 121 Å². The van der Waals surface area contributed by atoms with Gasteiger partial charge in [0, 0.05) is 26.8 Å². The summed E-state index contributed by atoms with van der Waals surface area (Å²) in [6.45, 7) is 0. The summed E-state index contributed by atoms with van der Waals surface area (Å²) in [7, 11) is 0. The van der Waals surface area contributed by atoms with E-state index in [1.54, 1.807) is 4.40 Å². The lowest BCUT2D eigenvalue weighted by Gasteiger charge is -2.17. The van der Waals surface area contributed by atoms with Crippen molar-refractivity contribution in [2.45, 2.75) is 0 Å². The molecular formula is C39H23N5O2S. The van der Waals surface area contributed by atoms with Gasteiger partial charge in [-0.2, -0.15) is 9.97 Å². The molecule has 0 aliphatic rings. The zero-order chi connectivity index (χ0) is 31.5. The van der Waals surface area contributed by atoms with Crippen molar-refractivity contribution in [3.8, 4) is 39.9 Å². The van der Waals surface area contributed by atoms with E-state index in [0.717, 1.165) is 31.5 Å². The van der Waals surface area contributed by atoms with Crippen LogP contribution in [-0.4, -0.2) is 23.9 Å². The van der Waals surface area contributed by atoms with Gasteiger partial charge in [0.1, 0.15) is 5.52 Å². The number of fused-ring (bicyclic) bond motifs is 6. The fraction of sp³-hybridized carbons (Fsp3) is 0. The van der Waals surface area contributed by atoms with E-state index in [2.05, 4.69) is 0 Å². The molecule has 4 aromatic heterocycles. The fourth-order valence-electron chi connectivity index (χ4n) is 6.33. The second-order valence-corrected chi connectivity index (χ2v) is 12.2. The zero-order valence-corrected chi connectivity index (χ0v) is 25.6. The third-order valence-corrected chi connectivity index (χ3v) is 9.61. The van der Waals surface area contributed by atoms with Crippen molar-refractivity contribution >= 4 is 48.1 Å². The molecular weight excluding hydrogens is 603 g/mol. The topological polar surface area (TPSA) is 82.1 Å². The van der Waals surface area contributed by atoms with Gasteiger partial charge in [0.25, 0.3) is 11.1 Å². The number of thiophene rings is 1. The molecule has 5 aromatic carbocycles. The Balaban J connectivity index is 1.49. The van der Waals surface area contributed by atoms with Crippen molar-refractivity contribution in [3.05, 3.63) is 160 Å². The Kier molecular flexibility index (Phi) is 6.16. The van der Waals surface area contributed by atoms with Crippen molar-refractivity contribution in [3.63, 3.8) is 0 Å². The van der Waals surface area contributed by atoms with Crippen LogP contribution in [0.1, 0.15) is 0 Å². The smallest absolute Gasteiger partial charge is 0.269 e. The Morgan fingerprint density at radius 2 is 1.04 bits per heavy atom. The van der Waals surface area contributed by atoms with Crippen LogP contribution in [0.15, 0.2) is 149 Å². The maximum absolute atomic E-state index is 15.2. The Morgan fingerprint density at radius 1 is 0.511 bits per heavy atom. The van der Waals surface area contributed by atoms with Crippen molar-refractivity contribution < 1.29 is 0 Å². The monoisotopic (exact) mass is 625 g/mol. The lowest BCUT2D eigenvalue weighted by atomic mass is 10.0. The van der Waals surface area contributed by atoms with E-state index < -0.39 is 5.56 Å². The average molecular weight is 626 g/mol. The Morgan fingerprint density at radius 3 is 1.68 bits per heavy atom. The standard InChI is InChI=1S/C39H23N5O2S/c45-37-32-27-20-10-13-23-30(27)47-34(32)31(24-14-4-1-5-15-24)33-38(46)44(29-22-12-11-21-28(29)43(33)37)39-41-35(25-16-6-2-7-17-25)40-36(42-39)26-18-8-3-9-19-26/h1-23H. The van der Waals surface area contributed by atoms with Crippen LogP contribution in [0.25, 0.3) is 76.6 Å². The highest BCUT2D eigenvalue weighted by molar-refractivity contribution is 7.26. The number of aromatic nitrogens is 5. The van der Waals surface area contributed by atoms with Gasteiger partial charge in [-0.25, -0.2) is 9.55 Å². The van der Waals surface area contributed by atoms with E-state index in [4.69, 9.17) is 15.0 Å². The first-order valence-electron chi connectivity index (χ1n) is 15.1. The van der Waals surface area contributed by atoms with E-state index in [0.29, 0.717) is 33.6 Å². The largest absolute Gasteiger partial charge is 0.283 e. The molecule has 0 saturated carbocycles. The van der Waals surface area contributed by atoms with Gasteiger partial charge in [-0.3, -0.25) is 14.0 Å². The Bertz CT molecular complexity index is 2720. The molecule has 0 spiro atoms. The molecule has 9 rings (SSSR count). The summed E-state index contributed by atoms with van der Waals surface area (Å²) >= 11 is 1.52. The van der Waals surface area contributed by atoms with Crippen molar-refractivity contribution in [2.75, 3.05) is 0 Å². The maximum Gasteiger partial charge on any atom is 0.283 e. The van der Waals surface area contributed by atoms with Gasteiger partial charge in [0.15, 0.2) is 11.6 Å². The predicted octanol–water partition coefficient (Wildman–Crippen LogP) is 8.16. The van der Waals surface area contributed by atoms with Crippen LogP contribution in [0.4, 0.5) is 0 Å². The number of para-hydroxylation sites is 2. The fourth-order valence-corrected chi connectivity index (χ4v) is 7.59. The van der Waals surface area contributed by atoms with Crippen LogP contribution in [0.2, 0.25) is 0 Å². The molecule has 0 radical (unpaired) electrons. The van der Waals surface area contributed by atoms with Crippen LogP contribution < -0.4 is 11.1 Å². The molecule has 0 bridgehead atoms. The highest BCUT2D eigenvalue weighted by atomic mass is 32.1. The summed E-state index contributed by atoms with van der Waals surface area (Å²) in [5, 5.41) is 1.47. The van der Waals surface area contributed by atoms with Gasteiger partial charge in [0.2, 0.25) is 5.95 Å². The predicted molar refractivity (Wildman–Crippen MR) is 189 cm³/mol. The van der Waals surface area contributed by atoms with Crippen LogP contribution in [0, 0.1) is 0 Å². The molecule has 0 amide bonds. The van der Waals surface area contributed by atoms with Crippen molar-refractivity contribution in [1.29, 1.82) is 0 Å². The van der Waals surface area contributed by atoms with Gasteiger partial charge in [0.05, 0.1) is 21.1 Å². The van der Waals surface area contributed by atoms with E-state index in [9.17, 15) is 4.79 Å². The molecule has 4 heterocycles. The Hall–Kier alpha value is -6.25. The molecule has 8 heteroatoms. The minimum Gasteiger partial charge on any atom is -0.269 e. The molecule has 9 aromatic rings. The molecule has 0 atom stereocenters. The Labute approximate surface area is 271 Å². The molecule has 222 valence electrons. The highest BCUT2D eigenvalue weighted by Crippen LogP contribution is 2.40. The first kappa shape index (κ1) is 27.1. The van der Waals surface area contributed by atoms with Gasteiger partial charge >= 0.3 is 0 Å². The third kappa shape index (κ3) is 4.23. The van der Waals surface area contributed by atoms with Crippen molar-refractivity contribution in [1.82, 2.24) is 23.9 Å². The highest BCUT2D eigenvalue weighted by Gasteiger charge is 2.25. The molecule has 0 fully saturated rings. The summed E-state index contributed by atoms with van der Waals surface area (Å²) in [6, 6.07) is 44.4. The normalized spacial score (nSPS) is 11.6. The molecule has 7 nitrogen and oxygen atoms in total. The summed E-state index contributed by atoms with van der Waals surface area (Å²) < 4.78 is 4.85. The van der Waals surface area contributed by atoms with Gasteiger partial charge in [-0.15, -0.1) is 11.3 Å². The van der Waals surface area contributed by atoms with Crippen LogP contribution in [0.3, 0.4) is 0 Å². The van der Waals surface area contributed by atoms with E-state index >= 15 is 4.79 Å². The summed E-state index contributed by atoms with van der Waals surface area (Å²) in [5.41, 5.74) is 3.83. The molecule has 0 saturated heterocycles. The molecule has 47 heavy (non-hydrogen) atoms. The van der Waals surface area contributed by atoms with E-state index in [1.807, 2.05) is 140 Å². The average Bonchev–Trinajstić information content (AvgIpc) is 3.53. The van der Waals surface area contributed by atoms with Crippen LogP contribution >= 0.6 is 11.3 Å². The lowest BCUT2D eigenvalue weighted by Crippen LogP contribution is -2.29. The molecule has 0 aliphatic carbocycles. The summed E-state index contributed by atoms with van der Waals surface area (Å²) in [4.78, 5) is 44.4. The quantitative estimate of drug-likeness (QED) is 0.184. The third-order valence-electron chi connectivity index (χ3n) is 8.42. The first-order chi connectivity index (χ1) is 23.2. The number of rotatable bonds is 4. The minimum atomic E-state index is -0.400. The van der Waals surface area contributed by atoms with Gasteiger partial charge in [-0.05, 0) is 23.8 Å². The lowest BCUT2D eigenvalue weighted by molar-refractivity contribution is 0.893. The summed E-state index contributed by atoms with van der Waals surface area (Å²) in [6.07, 6.45) is 0. The van der Waals surface area contributed by atoms with E-state index in [-0.39, 0.29) is 17.0 Å². The maximum atomic E-state index is 15.2. The SMILES string of the molecule is O=c1c2c(-c3ccccc3)c3sc4ccccc4c3c(=O)n2c2ccccc2n1-c1nc(-c2ccccc2)nc(-c2ccccc2)n1. The number of pyridine rings is 1. The molecule has 0 aliphatic heterocycles. The van der Waals surface area contributed by atoms with E-state index in [1.165, 1.54) is 15.9 Å². The minimum absolute atomic E-state index is 0.171. The summed E-state index contributed by atoms with van der Waals surface area (Å²) in [5.74, 6) is 1.04. The number of nitrogens with zero attached hydrogens (tertiary/aromatic N) is 5. The second-order valence-electron chi connectivity index (χ2n) is 11.2. The number of benzene rings is 5. The van der Waals surface area contributed by atoms with Crippen molar-refractivity contribution in [2.24, 2.45) is 0 Å². The van der Waals surface area contributed by atoms with Crippen LogP contribution in [0.5, 0.6) is 0 Å². The molecule has 0 unspecified atom stereocenters. The number of hydrogen-bond acceptors (Lipinski definition) is 6. The second kappa shape index (κ2) is 10.7. The number of hydrogen-bond donors (Lipinski definition) is 0. The van der Waals surface area contributed by atoms with Crippen LogP contribution in [-0.2, 0) is 0 Å². The van der Waals surface area contributed by atoms with Gasteiger partial charge < -0.3 is 0 Å². The molecule has 0 N–H and O–H groups in total. The first-order valence-corrected chi connectivity index (χ1v) is 16.0.